The minimum atomic E-state index is -1.15. The van der Waals surface area contributed by atoms with Gasteiger partial charge in [-0.15, -0.1) is 0 Å². The molecule has 0 unspecified atom stereocenters. The average molecular weight is 493 g/mol. The Morgan fingerprint density at radius 2 is 1.57 bits per heavy atom. The van der Waals surface area contributed by atoms with Gasteiger partial charge in [-0.3, -0.25) is 4.79 Å². The van der Waals surface area contributed by atoms with E-state index in [9.17, 15) is 19.5 Å². The molecule has 4 rings (SSSR count). The van der Waals surface area contributed by atoms with Gasteiger partial charge in [0.2, 0.25) is 5.91 Å². The highest BCUT2D eigenvalue weighted by molar-refractivity contribution is 6.31. The van der Waals surface area contributed by atoms with Gasteiger partial charge < -0.3 is 20.5 Å². The van der Waals surface area contributed by atoms with E-state index in [1.165, 1.54) is 29.3 Å². The summed E-state index contributed by atoms with van der Waals surface area (Å²) in [6.45, 7) is 0.606. The lowest BCUT2D eigenvalue weighted by Crippen LogP contribution is -2.27. The number of hydrogen-bond donors (Lipinski definition) is 3. The first-order chi connectivity index (χ1) is 16.9. The Hall–Kier alpha value is -3.84. The summed E-state index contributed by atoms with van der Waals surface area (Å²) < 4.78 is 5.50. The molecule has 180 valence electrons. The number of carbonyl (C=O) groups is 3. The maximum Gasteiger partial charge on any atom is 0.407 e. The number of rotatable bonds is 9. The molecule has 0 aliphatic heterocycles. The van der Waals surface area contributed by atoms with E-state index < -0.39 is 12.1 Å². The van der Waals surface area contributed by atoms with Gasteiger partial charge >= 0.3 is 12.1 Å². The van der Waals surface area contributed by atoms with E-state index in [1.807, 2.05) is 24.3 Å². The summed E-state index contributed by atoms with van der Waals surface area (Å²) in [5.74, 6) is -1.47. The number of carboxylic acid groups (broad SMARTS) is 1. The Bertz CT molecular complexity index is 1210. The number of nitrogens with one attached hydrogen (secondary N) is 2. The lowest BCUT2D eigenvalue weighted by Gasteiger charge is -2.14. The number of carboxylic acids is 1. The highest BCUT2D eigenvalue weighted by atomic mass is 35.5. The van der Waals surface area contributed by atoms with Crippen LogP contribution in [0.15, 0.2) is 66.7 Å². The number of fused-ring (bicyclic) bond motifs is 3. The number of carbonyl (C=O) groups excluding carboxylic acids is 2. The van der Waals surface area contributed by atoms with Crippen LogP contribution in [0.3, 0.4) is 0 Å². The Kier molecular flexibility index (Phi) is 7.67. The zero-order chi connectivity index (χ0) is 24.8. The molecular formula is C27H25ClN2O5. The number of anilines is 1. The molecule has 0 saturated carbocycles. The standard InChI is InChI=1S/C27H25ClN2O5/c28-17-12-13-22(26(32)33)24(15-17)30-25(31)11-5-6-14-29-27(34)35-16-23-20-9-3-1-7-18(20)19-8-2-4-10-21(19)23/h1-4,7-10,12-13,15,23H,5-6,11,14,16H2,(H,29,34)(H,30,31)(H,32,33). The number of hydrogen-bond acceptors (Lipinski definition) is 4. The van der Waals surface area contributed by atoms with Gasteiger partial charge in [-0.2, -0.15) is 0 Å². The molecule has 0 saturated heterocycles. The fourth-order valence-corrected chi connectivity index (χ4v) is 4.44. The number of amides is 2. The number of alkyl carbamates (subject to hydrolysis) is 1. The summed E-state index contributed by atoms with van der Waals surface area (Å²) in [7, 11) is 0. The quantitative estimate of drug-likeness (QED) is 0.333. The van der Waals surface area contributed by atoms with Crippen LogP contribution in [0.5, 0.6) is 0 Å². The van der Waals surface area contributed by atoms with Crippen molar-refractivity contribution in [1.82, 2.24) is 5.32 Å². The van der Waals surface area contributed by atoms with Crippen molar-refractivity contribution in [2.24, 2.45) is 0 Å². The summed E-state index contributed by atoms with van der Waals surface area (Å²) in [4.78, 5) is 35.7. The lowest BCUT2D eigenvalue weighted by molar-refractivity contribution is -0.116. The van der Waals surface area contributed by atoms with E-state index in [1.54, 1.807) is 0 Å². The van der Waals surface area contributed by atoms with Crippen molar-refractivity contribution in [3.8, 4) is 11.1 Å². The van der Waals surface area contributed by atoms with Crippen molar-refractivity contribution in [2.45, 2.75) is 25.2 Å². The first-order valence-electron chi connectivity index (χ1n) is 11.4. The summed E-state index contributed by atoms with van der Waals surface area (Å²) in [6.07, 6.45) is 0.761. The second-order valence-electron chi connectivity index (χ2n) is 8.25. The lowest BCUT2D eigenvalue weighted by atomic mass is 9.98. The molecule has 8 heteroatoms. The third-order valence-corrected chi connectivity index (χ3v) is 6.16. The van der Waals surface area contributed by atoms with Gasteiger partial charge in [-0.25, -0.2) is 9.59 Å². The minimum Gasteiger partial charge on any atom is -0.478 e. The van der Waals surface area contributed by atoms with Crippen molar-refractivity contribution in [1.29, 1.82) is 0 Å². The third-order valence-electron chi connectivity index (χ3n) is 5.93. The molecule has 2 amide bonds. The third kappa shape index (κ3) is 5.81. The van der Waals surface area contributed by atoms with Crippen LogP contribution in [0.25, 0.3) is 11.1 Å². The molecule has 0 bridgehead atoms. The van der Waals surface area contributed by atoms with Crippen molar-refractivity contribution < 1.29 is 24.2 Å². The second kappa shape index (κ2) is 11.1. The van der Waals surface area contributed by atoms with Crippen LogP contribution in [-0.2, 0) is 9.53 Å². The molecule has 3 aromatic carbocycles. The molecule has 0 heterocycles. The number of benzene rings is 3. The SMILES string of the molecule is O=C(CCCCNC(=O)OCC1c2ccccc2-c2ccccc21)Nc1cc(Cl)ccc1C(=O)O. The van der Waals surface area contributed by atoms with Crippen molar-refractivity contribution in [3.05, 3.63) is 88.4 Å². The van der Waals surface area contributed by atoms with Crippen molar-refractivity contribution in [2.75, 3.05) is 18.5 Å². The van der Waals surface area contributed by atoms with Crippen molar-refractivity contribution in [3.63, 3.8) is 0 Å². The summed E-state index contributed by atoms with van der Waals surface area (Å²) >= 11 is 5.90. The number of ether oxygens (including phenoxy) is 1. The molecule has 35 heavy (non-hydrogen) atoms. The van der Waals surface area contributed by atoms with Gasteiger partial charge in [-0.05, 0) is 53.3 Å². The van der Waals surface area contributed by atoms with Gasteiger partial charge in [0.1, 0.15) is 6.61 Å². The van der Waals surface area contributed by atoms with E-state index in [2.05, 4.69) is 34.9 Å². The molecule has 0 fully saturated rings. The fraction of sp³-hybridized carbons (Fsp3) is 0.222. The minimum absolute atomic E-state index is 0.000899. The highest BCUT2D eigenvalue weighted by Crippen LogP contribution is 2.44. The maximum absolute atomic E-state index is 12.2. The molecule has 3 N–H and O–H groups in total. The number of halogens is 1. The van der Waals surface area contributed by atoms with Gasteiger partial charge in [0.25, 0.3) is 0 Å². The Morgan fingerprint density at radius 3 is 2.23 bits per heavy atom. The Morgan fingerprint density at radius 1 is 0.914 bits per heavy atom. The van der Waals surface area contributed by atoms with Crippen LogP contribution >= 0.6 is 11.6 Å². The summed E-state index contributed by atoms with van der Waals surface area (Å²) in [6, 6.07) is 20.5. The monoisotopic (exact) mass is 492 g/mol. The molecule has 1 aliphatic carbocycles. The predicted octanol–water partition coefficient (Wildman–Crippen LogP) is 5.69. The largest absolute Gasteiger partial charge is 0.478 e. The number of unbranched alkanes of at least 4 members (excludes halogenated alkanes) is 1. The van der Waals surface area contributed by atoms with Crippen LogP contribution in [0, 0.1) is 0 Å². The molecule has 0 aromatic heterocycles. The highest BCUT2D eigenvalue weighted by Gasteiger charge is 2.28. The molecule has 0 spiro atoms. The van der Waals surface area contributed by atoms with E-state index in [-0.39, 0.29) is 36.1 Å². The topological polar surface area (TPSA) is 105 Å². The summed E-state index contributed by atoms with van der Waals surface area (Å²) in [5, 5.41) is 14.9. The Balaban J connectivity index is 1.19. The van der Waals surface area contributed by atoms with E-state index in [0.29, 0.717) is 24.4 Å². The summed E-state index contributed by atoms with van der Waals surface area (Å²) in [5.41, 5.74) is 4.77. The second-order valence-corrected chi connectivity index (χ2v) is 8.69. The van der Waals surface area contributed by atoms with E-state index in [0.717, 1.165) is 11.1 Å². The van der Waals surface area contributed by atoms with Crippen LogP contribution in [0.1, 0.15) is 46.7 Å². The van der Waals surface area contributed by atoms with Gasteiger partial charge in [-0.1, -0.05) is 60.1 Å². The van der Waals surface area contributed by atoms with Crippen LogP contribution < -0.4 is 10.6 Å². The van der Waals surface area contributed by atoms with Crippen LogP contribution in [0.2, 0.25) is 5.02 Å². The van der Waals surface area contributed by atoms with E-state index in [4.69, 9.17) is 16.3 Å². The first kappa shape index (κ1) is 24.3. The maximum atomic E-state index is 12.2. The van der Waals surface area contributed by atoms with Gasteiger partial charge in [0, 0.05) is 23.9 Å². The van der Waals surface area contributed by atoms with Gasteiger partial charge in [0.15, 0.2) is 0 Å². The fourth-order valence-electron chi connectivity index (χ4n) is 4.27. The molecular weight excluding hydrogens is 468 g/mol. The smallest absolute Gasteiger partial charge is 0.407 e. The zero-order valence-corrected chi connectivity index (χ0v) is 19.7. The number of aromatic carboxylic acids is 1. The first-order valence-corrected chi connectivity index (χ1v) is 11.7. The predicted molar refractivity (Wildman–Crippen MR) is 134 cm³/mol. The van der Waals surface area contributed by atoms with Crippen molar-refractivity contribution >= 4 is 35.3 Å². The van der Waals surface area contributed by atoms with Crippen LogP contribution in [0.4, 0.5) is 10.5 Å². The molecule has 7 nitrogen and oxygen atoms in total. The Labute approximate surface area is 208 Å². The molecule has 3 aromatic rings. The zero-order valence-electron chi connectivity index (χ0n) is 18.9. The van der Waals surface area contributed by atoms with E-state index >= 15 is 0 Å². The van der Waals surface area contributed by atoms with Crippen LogP contribution in [-0.4, -0.2) is 36.2 Å². The normalized spacial score (nSPS) is 11.9. The molecule has 0 atom stereocenters. The average Bonchev–Trinajstić information content (AvgIpc) is 3.16. The van der Waals surface area contributed by atoms with Gasteiger partial charge in [0.05, 0.1) is 11.3 Å². The molecule has 1 aliphatic rings. The molecule has 0 radical (unpaired) electrons.